The molecule has 3 aromatic rings. The highest BCUT2D eigenvalue weighted by Gasteiger charge is 2.49. The van der Waals surface area contributed by atoms with Crippen molar-refractivity contribution in [1.82, 2.24) is 9.71 Å². The molecular weight excluding hydrogens is 634 g/mol. The number of aromatic nitrogens is 1. The van der Waals surface area contributed by atoms with Crippen LogP contribution < -0.4 is 14.4 Å². The number of ether oxygens (including phenoxy) is 1. The van der Waals surface area contributed by atoms with E-state index >= 15 is 0 Å². The molecule has 3 heterocycles. The monoisotopic (exact) mass is 677 g/mol. The minimum Gasteiger partial charge on any atom is -0.490 e. The quantitative estimate of drug-likeness (QED) is 0.307. The normalized spacial score (nSPS) is 32.2. The number of benzene rings is 2. The molecular formula is C37H44ClN3O5S. The Hall–Kier alpha value is -3.14. The van der Waals surface area contributed by atoms with Crippen LogP contribution >= 0.6 is 11.6 Å². The number of nitrogens with zero attached hydrogens (tertiary/aromatic N) is 2. The number of fused-ring (bicyclic) bond motifs is 4. The summed E-state index contributed by atoms with van der Waals surface area (Å²) in [5.74, 6) is 0.0120. The number of carbonyl (C=O) groups excluding carboxylic acids is 1. The minimum atomic E-state index is -3.95. The zero-order chi connectivity index (χ0) is 33.0. The molecule has 2 bridgehead atoms. The van der Waals surface area contributed by atoms with Gasteiger partial charge in [-0.3, -0.25) is 9.78 Å². The van der Waals surface area contributed by atoms with Crippen molar-refractivity contribution in [1.29, 1.82) is 0 Å². The maximum absolute atomic E-state index is 13.5. The molecule has 0 unspecified atom stereocenters. The number of amides is 1. The molecule has 2 aliphatic heterocycles. The van der Waals surface area contributed by atoms with Crippen molar-refractivity contribution in [3.8, 4) is 5.75 Å². The molecule has 1 saturated carbocycles. The van der Waals surface area contributed by atoms with Crippen LogP contribution in [0.4, 0.5) is 5.69 Å². The molecule has 250 valence electrons. The van der Waals surface area contributed by atoms with Crippen molar-refractivity contribution < 1.29 is 23.1 Å². The zero-order valence-corrected chi connectivity index (χ0v) is 28.7. The van der Waals surface area contributed by atoms with Crippen LogP contribution in [0.3, 0.4) is 0 Å². The van der Waals surface area contributed by atoms with E-state index in [1.165, 1.54) is 11.1 Å². The van der Waals surface area contributed by atoms with E-state index in [0.717, 1.165) is 48.4 Å². The van der Waals surface area contributed by atoms with Gasteiger partial charge in [0, 0.05) is 47.0 Å². The molecule has 1 fully saturated rings. The fourth-order valence-corrected chi connectivity index (χ4v) is 10.1. The highest BCUT2D eigenvalue weighted by atomic mass is 35.5. The first-order valence-electron chi connectivity index (χ1n) is 17.0. The maximum atomic E-state index is 13.5. The second-order valence-corrected chi connectivity index (χ2v) is 16.9. The van der Waals surface area contributed by atoms with E-state index in [0.29, 0.717) is 44.7 Å². The van der Waals surface area contributed by atoms with Gasteiger partial charge in [-0.05, 0) is 124 Å². The summed E-state index contributed by atoms with van der Waals surface area (Å²) in [6.45, 7) is 5.37. The van der Waals surface area contributed by atoms with Crippen molar-refractivity contribution in [3.63, 3.8) is 0 Å². The Morgan fingerprint density at radius 3 is 2.68 bits per heavy atom. The van der Waals surface area contributed by atoms with E-state index in [9.17, 15) is 18.3 Å². The van der Waals surface area contributed by atoms with E-state index in [4.69, 9.17) is 16.3 Å². The number of anilines is 1. The van der Waals surface area contributed by atoms with Gasteiger partial charge in [0.25, 0.3) is 5.91 Å². The summed E-state index contributed by atoms with van der Waals surface area (Å²) < 4.78 is 35.8. The first-order valence-corrected chi connectivity index (χ1v) is 18.9. The Morgan fingerprint density at radius 2 is 1.91 bits per heavy atom. The Balaban J connectivity index is 1.33. The Bertz CT molecular complexity index is 1770. The van der Waals surface area contributed by atoms with Crippen molar-refractivity contribution in [3.05, 3.63) is 88.2 Å². The first kappa shape index (κ1) is 32.4. The van der Waals surface area contributed by atoms with Gasteiger partial charge >= 0.3 is 0 Å². The average Bonchev–Trinajstić information content (AvgIpc) is 3.19. The number of sulfonamides is 1. The van der Waals surface area contributed by atoms with E-state index in [-0.39, 0.29) is 28.7 Å². The van der Waals surface area contributed by atoms with Gasteiger partial charge in [-0.1, -0.05) is 30.7 Å². The van der Waals surface area contributed by atoms with E-state index in [1.54, 1.807) is 37.5 Å². The molecule has 1 amide bonds. The topological polar surface area (TPSA) is 109 Å². The van der Waals surface area contributed by atoms with Crippen LogP contribution in [0.1, 0.15) is 85.8 Å². The molecule has 0 radical (unpaired) electrons. The van der Waals surface area contributed by atoms with Gasteiger partial charge in [0.2, 0.25) is 10.0 Å². The number of hydrogen-bond acceptors (Lipinski definition) is 7. The van der Waals surface area contributed by atoms with Crippen LogP contribution in [0.5, 0.6) is 5.75 Å². The van der Waals surface area contributed by atoms with E-state index in [2.05, 4.69) is 26.7 Å². The van der Waals surface area contributed by atoms with Crippen LogP contribution in [0, 0.1) is 17.8 Å². The lowest BCUT2D eigenvalue weighted by Gasteiger charge is -2.50. The summed E-state index contributed by atoms with van der Waals surface area (Å²) in [7, 11) is -3.95. The molecule has 1 spiro atoms. The highest BCUT2D eigenvalue weighted by Crippen LogP contribution is 2.51. The fourth-order valence-electron chi connectivity index (χ4n) is 8.63. The lowest BCUT2D eigenvalue weighted by molar-refractivity contribution is -0.0952. The molecule has 7 rings (SSSR count). The minimum absolute atomic E-state index is 0.00331. The second kappa shape index (κ2) is 12.4. The molecule has 47 heavy (non-hydrogen) atoms. The average molecular weight is 678 g/mol. The van der Waals surface area contributed by atoms with Gasteiger partial charge in [-0.2, -0.15) is 0 Å². The summed E-state index contributed by atoms with van der Waals surface area (Å²) in [6.07, 6.45) is 10.0. The lowest BCUT2D eigenvalue weighted by atomic mass is 9.61. The molecule has 2 N–H and O–H groups in total. The summed E-state index contributed by atoms with van der Waals surface area (Å²) in [6, 6.07) is 15.3. The summed E-state index contributed by atoms with van der Waals surface area (Å²) in [5.41, 5.74) is 2.96. The van der Waals surface area contributed by atoms with Crippen molar-refractivity contribution >= 4 is 33.2 Å². The summed E-state index contributed by atoms with van der Waals surface area (Å²) in [5, 5.41) is 12.5. The third kappa shape index (κ3) is 5.93. The number of hydrogen-bond donors (Lipinski definition) is 2. The van der Waals surface area contributed by atoms with Crippen LogP contribution in [-0.4, -0.2) is 49.4 Å². The van der Waals surface area contributed by atoms with Crippen molar-refractivity contribution in [2.24, 2.45) is 17.8 Å². The first-order chi connectivity index (χ1) is 22.5. The lowest BCUT2D eigenvalue weighted by Crippen LogP contribution is -2.52. The third-order valence-corrected chi connectivity index (χ3v) is 13.8. The molecule has 2 aromatic carbocycles. The number of aliphatic hydroxyl groups is 1. The Kier molecular flexibility index (Phi) is 8.54. The Labute approximate surface area is 282 Å². The molecule has 6 atom stereocenters. The van der Waals surface area contributed by atoms with E-state index < -0.39 is 26.8 Å². The fraction of sp³-hybridized carbons (Fsp3) is 0.514. The number of nitrogens with one attached hydrogen (secondary N) is 1. The standard InChI is InChI=1S/C37H44ClN3O5S/c1-24-6-3-16-37(43,29-8-5-17-39-20-29)32-12-9-28(32)21-41-22-36(15-4-7-26-18-30(38)11-13-31(26)36)23-46-34-14-10-27(19-33(34)41)35(42)40-47(44,45)25(24)2/h5,8,10-11,13-14,17-20,24-25,28,32,43H,3-4,6-7,9,12,15-16,21-23H2,1-2H3,(H,40,42)/t24-,25+,28-,32+,36-,37+/m0/s1. The van der Waals surface area contributed by atoms with E-state index in [1.807, 2.05) is 25.1 Å². The van der Waals surface area contributed by atoms with Gasteiger partial charge in [0.05, 0.1) is 23.1 Å². The summed E-state index contributed by atoms with van der Waals surface area (Å²) >= 11 is 6.44. The third-order valence-electron chi connectivity index (χ3n) is 11.7. The van der Waals surface area contributed by atoms with Gasteiger partial charge in [-0.15, -0.1) is 0 Å². The molecule has 0 saturated heterocycles. The maximum Gasteiger partial charge on any atom is 0.264 e. The van der Waals surface area contributed by atoms with Crippen LogP contribution in [0.15, 0.2) is 60.9 Å². The predicted octanol–water partition coefficient (Wildman–Crippen LogP) is 6.39. The number of pyridine rings is 1. The second-order valence-electron chi connectivity index (χ2n) is 14.4. The Morgan fingerprint density at radius 1 is 1.06 bits per heavy atom. The molecule has 8 nitrogen and oxygen atoms in total. The number of rotatable bonds is 1. The van der Waals surface area contributed by atoms with Gasteiger partial charge in [0.1, 0.15) is 5.75 Å². The van der Waals surface area contributed by atoms with Gasteiger partial charge in [-0.25, -0.2) is 13.1 Å². The highest BCUT2D eigenvalue weighted by molar-refractivity contribution is 7.90. The van der Waals surface area contributed by atoms with Crippen LogP contribution in [-0.2, 0) is 27.5 Å². The SMILES string of the molecule is C[C@@H]1[C@@H](C)CCC[C@@](O)(c2cccnc2)[C@@H]2CC[C@H]2CN2C[C@@]3(CCCc4cc(Cl)ccc43)COc3ccc(cc32)C(=O)NS1(=O)=O. The van der Waals surface area contributed by atoms with Crippen molar-refractivity contribution in [2.75, 3.05) is 24.6 Å². The molecule has 4 aliphatic rings. The largest absolute Gasteiger partial charge is 0.490 e. The molecule has 10 heteroatoms. The number of carbonyl (C=O) groups is 1. The smallest absolute Gasteiger partial charge is 0.264 e. The van der Waals surface area contributed by atoms with Crippen LogP contribution in [0.2, 0.25) is 5.02 Å². The number of halogens is 1. The number of aryl methyl sites for hydroxylation is 1. The predicted molar refractivity (Wildman–Crippen MR) is 183 cm³/mol. The zero-order valence-electron chi connectivity index (χ0n) is 27.1. The molecule has 1 aromatic heterocycles. The van der Waals surface area contributed by atoms with Gasteiger partial charge in [0.15, 0.2) is 0 Å². The van der Waals surface area contributed by atoms with Crippen molar-refractivity contribution in [2.45, 2.75) is 81.5 Å². The molecule has 2 aliphatic carbocycles. The van der Waals surface area contributed by atoms with Gasteiger partial charge < -0.3 is 14.7 Å². The summed E-state index contributed by atoms with van der Waals surface area (Å²) in [4.78, 5) is 20.2. The van der Waals surface area contributed by atoms with Crippen LogP contribution in [0.25, 0.3) is 0 Å².